The monoisotopic (exact) mass is 339 g/mol. The van der Waals surface area contributed by atoms with Gasteiger partial charge in [-0.3, -0.25) is 9.78 Å². The number of aromatic amines is 1. The van der Waals surface area contributed by atoms with Crippen LogP contribution in [0, 0.1) is 0 Å². The Hall–Kier alpha value is -1.69. The molecular weight excluding hydrogens is 321 g/mol. The van der Waals surface area contributed by atoms with Crippen LogP contribution in [0.2, 0.25) is 0 Å². The number of ether oxygens (including phenoxy) is 1. The summed E-state index contributed by atoms with van der Waals surface area (Å²) in [6.07, 6.45) is 0.582. The number of nitrogens with two attached hydrogens (primary N) is 1. The van der Waals surface area contributed by atoms with Crippen molar-refractivity contribution in [2.45, 2.75) is 6.42 Å². The van der Waals surface area contributed by atoms with E-state index >= 15 is 0 Å². The predicted octanol–water partition coefficient (Wildman–Crippen LogP) is -2.03. The van der Waals surface area contributed by atoms with E-state index in [1.807, 2.05) is 0 Å². The van der Waals surface area contributed by atoms with Gasteiger partial charge in [-0.1, -0.05) is 0 Å². The minimum atomic E-state index is -4.64. The maximum Gasteiger partial charge on any atom is 0.466 e. The molecule has 1 aliphatic rings. The molecule has 12 nitrogen and oxygen atoms in total. The Kier molecular flexibility index (Phi) is 6.74. The number of aliphatic hydroxyl groups excluding tert-OH is 1. The van der Waals surface area contributed by atoms with E-state index < -0.39 is 7.82 Å². The van der Waals surface area contributed by atoms with Crippen molar-refractivity contribution < 1.29 is 29.1 Å². The van der Waals surface area contributed by atoms with Crippen LogP contribution >= 0.6 is 7.82 Å². The van der Waals surface area contributed by atoms with Gasteiger partial charge in [0.2, 0.25) is 5.95 Å². The third-order valence-corrected chi connectivity index (χ3v) is 2.36. The number of rotatable bonds is 5. The first kappa shape index (κ1) is 18.4. The first-order chi connectivity index (χ1) is 10.2. The second-order valence-corrected chi connectivity index (χ2v) is 5.18. The lowest BCUT2D eigenvalue weighted by molar-refractivity contribution is 0.117. The summed E-state index contributed by atoms with van der Waals surface area (Å²) in [5.74, 6) is 0.577. The molecule has 0 fully saturated rings. The van der Waals surface area contributed by atoms with Crippen LogP contribution in [0.15, 0.2) is 4.79 Å². The van der Waals surface area contributed by atoms with Gasteiger partial charge in [0.05, 0.1) is 13.3 Å². The van der Waals surface area contributed by atoms with Gasteiger partial charge in [0, 0.05) is 6.61 Å². The number of nitrogens with one attached hydrogen (secondary N) is 2. The van der Waals surface area contributed by atoms with Crippen LogP contribution in [-0.4, -0.2) is 56.4 Å². The summed E-state index contributed by atoms with van der Waals surface area (Å²) in [5, 5.41) is 11.5. The van der Waals surface area contributed by atoms with Gasteiger partial charge in [0.15, 0.2) is 5.82 Å². The lowest BCUT2D eigenvalue weighted by atomic mass is 10.5. The Balaban J connectivity index is 0.000000422. The molecular formula is C9H18N5O7P. The zero-order valence-corrected chi connectivity index (χ0v) is 12.4. The number of fused-ring (bicyclic) bond motifs is 1. The zero-order valence-electron chi connectivity index (χ0n) is 11.5. The summed E-state index contributed by atoms with van der Waals surface area (Å²) >= 11 is 0. The Labute approximate surface area is 124 Å². The molecule has 0 radical (unpaired) electrons. The maximum absolute atomic E-state index is 11.5. The van der Waals surface area contributed by atoms with Gasteiger partial charge in [0.1, 0.15) is 12.4 Å². The van der Waals surface area contributed by atoms with Crippen molar-refractivity contribution in [2.75, 3.05) is 42.6 Å². The van der Waals surface area contributed by atoms with Crippen molar-refractivity contribution in [2.24, 2.45) is 0 Å². The Morgan fingerprint density at radius 2 is 2.05 bits per heavy atom. The van der Waals surface area contributed by atoms with E-state index in [1.165, 1.54) is 0 Å². The lowest BCUT2D eigenvalue weighted by Gasteiger charge is -2.16. The first-order valence-electron chi connectivity index (χ1n) is 6.08. The largest absolute Gasteiger partial charge is 0.466 e. The van der Waals surface area contributed by atoms with Gasteiger partial charge in [-0.15, -0.1) is 0 Å². The number of aromatic nitrogens is 2. The number of anilines is 3. The Morgan fingerprint density at radius 3 is 2.64 bits per heavy atom. The quantitative estimate of drug-likeness (QED) is 0.231. The highest BCUT2D eigenvalue weighted by molar-refractivity contribution is 7.45. The highest BCUT2D eigenvalue weighted by Crippen LogP contribution is 2.26. The third kappa shape index (κ3) is 6.39. The highest BCUT2D eigenvalue weighted by atomic mass is 31.2. The van der Waals surface area contributed by atoms with Crippen LogP contribution in [0.3, 0.4) is 0 Å². The fourth-order valence-corrected chi connectivity index (χ4v) is 1.56. The molecule has 1 aromatic heterocycles. The van der Waals surface area contributed by atoms with Crippen molar-refractivity contribution in [1.29, 1.82) is 0 Å². The van der Waals surface area contributed by atoms with E-state index in [1.54, 1.807) is 4.90 Å². The van der Waals surface area contributed by atoms with E-state index in [4.69, 9.17) is 34.8 Å². The summed E-state index contributed by atoms with van der Waals surface area (Å²) < 4.78 is 14.2. The number of hydrogen-bond donors (Lipinski definition) is 7. The molecule has 0 spiro atoms. The Bertz CT molecular complexity index is 580. The molecule has 0 saturated heterocycles. The number of nitrogen functional groups attached to an aromatic ring is 1. The molecule has 0 saturated carbocycles. The fourth-order valence-electron chi connectivity index (χ4n) is 1.56. The van der Waals surface area contributed by atoms with E-state index in [-0.39, 0.29) is 18.1 Å². The maximum atomic E-state index is 11.5. The topological polar surface area (TPSA) is 194 Å². The summed E-state index contributed by atoms with van der Waals surface area (Å²) in [6.45, 7) is 1.31. The molecule has 0 unspecified atom stereocenters. The summed E-state index contributed by atoms with van der Waals surface area (Å²) in [5.41, 5.74) is 5.60. The third-order valence-electron chi connectivity index (χ3n) is 2.36. The van der Waals surface area contributed by atoms with E-state index in [2.05, 4.69) is 15.3 Å². The Morgan fingerprint density at radius 1 is 1.41 bits per heavy atom. The molecule has 0 aromatic carbocycles. The van der Waals surface area contributed by atoms with Crippen LogP contribution in [0.1, 0.15) is 6.42 Å². The number of aliphatic hydroxyl groups is 1. The van der Waals surface area contributed by atoms with Crippen molar-refractivity contribution in [3.05, 3.63) is 10.4 Å². The van der Waals surface area contributed by atoms with E-state index in [0.717, 1.165) is 0 Å². The number of hydrogen-bond acceptors (Lipinski definition) is 8. The fraction of sp³-hybridized carbons (Fsp3) is 0.556. The summed E-state index contributed by atoms with van der Waals surface area (Å²) in [4.78, 5) is 41.3. The first-order valence-corrected chi connectivity index (χ1v) is 7.64. The van der Waals surface area contributed by atoms with Crippen molar-refractivity contribution in [3.8, 4) is 0 Å². The normalized spacial score (nSPS) is 13.2. The predicted molar refractivity (Wildman–Crippen MR) is 77.0 cm³/mol. The van der Waals surface area contributed by atoms with Gasteiger partial charge in [-0.05, 0) is 6.42 Å². The van der Waals surface area contributed by atoms with Crippen molar-refractivity contribution in [1.82, 2.24) is 9.97 Å². The molecule has 0 amide bonds. The van der Waals surface area contributed by atoms with Gasteiger partial charge in [-0.2, -0.15) is 4.98 Å². The van der Waals surface area contributed by atoms with Gasteiger partial charge in [0.25, 0.3) is 5.56 Å². The smallest absolute Gasteiger partial charge is 0.396 e. The van der Waals surface area contributed by atoms with Crippen molar-refractivity contribution in [3.63, 3.8) is 0 Å². The van der Waals surface area contributed by atoms with E-state index in [0.29, 0.717) is 37.9 Å². The van der Waals surface area contributed by atoms with Crippen LogP contribution in [-0.2, 0) is 9.30 Å². The molecule has 1 aliphatic heterocycles. The molecule has 2 heterocycles. The molecule has 1 aromatic rings. The number of H-pyrrole nitrogens is 1. The second kappa shape index (κ2) is 8.08. The number of nitrogens with zero attached hydrogens (tertiary/aromatic N) is 2. The van der Waals surface area contributed by atoms with Crippen LogP contribution < -0.4 is 21.5 Å². The van der Waals surface area contributed by atoms with Crippen LogP contribution in [0.4, 0.5) is 17.5 Å². The molecule has 0 bridgehead atoms. The highest BCUT2D eigenvalue weighted by Gasteiger charge is 2.23. The second-order valence-electron chi connectivity index (χ2n) is 4.15. The van der Waals surface area contributed by atoms with Crippen LogP contribution in [0.5, 0.6) is 0 Å². The molecule has 22 heavy (non-hydrogen) atoms. The molecule has 2 rings (SSSR count). The van der Waals surface area contributed by atoms with Gasteiger partial charge in [-0.25, -0.2) is 4.57 Å². The minimum Gasteiger partial charge on any atom is -0.396 e. The lowest BCUT2D eigenvalue weighted by Crippen LogP contribution is -2.27. The average molecular weight is 339 g/mol. The zero-order chi connectivity index (χ0) is 16.8. The standard InChI is InChI=1S/C9H15N5O3.H3O4P/c10-9-12-7-6(8(16)13-9)11-4-14(7)5-17-3-1-2-15;1-5(2,3)4/h11,15H,1-5H2,(H3,10,12,13,16);(H3,1,2,3,4). The van der Waals surface area contributed by atoms with Crippen molar-refractivity contribution >= 4 is 25.3 Å². The van der Waals surface area contributed by atoms with Crippen LogP contribution in [0.25, 0.3) is 0 Å². The molecule has 0 aliphatic carbocycles. The summed E-state index contributed by atoms with van der Waals surface area (Å²) in [6, 6.07) is 0. The SMILES string of the molecule is Nc1nc2c(c(=O)[nH]1)NCN2COCCCO.O=P(O)(O)O. The molecule has 0 atom stereocenters. The van der Waals surface area contributed by atoms with Gasteiger partial charge < -0.3 is 40.5 Å². The molecule has 13 heteroatoms. The molecule has 8 N–H and O–H groups in total. The molecule has 126 valence electrons. The number of phosphoric acid groups is 1. The summed E-state index contributed by atoms with van der Waals surface area (Å²) in [7, 11) is -4.64. The average Bonchev–Trinajstić information content (AvgIpc) is 2.76. The van der Waals surface area contributed by atoms with E-state index in [9.17, 15) is 4.79 Å². The van der Waals surface area contributed by atoms with Gasteiger partial charge >= 0.3 is 7.82 Å². The minimum absolute atomic E-state index is 0.0813.